The Kier molecular flexibility index (Phi) is 15.9. The highest BCUT2D eigenvalue weighted by atomic mass is 127. The lowest BCUT2D eigenvalue weighted by Gasteiger charge is -2.16. The molecule has 0 amide bonds. The fraction of sp³-hybridized carbons (Fsp3) is 0.611. The van der Waals surface area contributed by atoms with Gasteiger partial charge >= 0.3 is 0 Å². The third-order valence-electron chi connectivity index (χ3n) is 3.21. The molecule has 0 aromatic heterocycles. The van der Waals surface area contributed by atoms with Crippen molar-refractivity contribution in [3.63, 3.8) is 0 Å². The van der Waals surface area contributed by atoms with Crippen LogP contribution >= 0.6 is 35.6 Å². The minimum atomic E-state index is -0.0762. The second kappa shape index (κ2) is 16.4. The van der Waals surface area contributed by atoms with E-state index < -0.39 is 0 Å². The summed E-state index contributed by atoms with van der Waals surface area (Å²) in [7, 11) is 1.67. The van der Waals surface area contributed by atoms with E-state index in [1.807, 2.05) is 38.1 Å². The van der Waals surface area contributed by atoms with Crippen LogP contribution in [0.4, 0.5) is 0 Å². The molecule has 6 nitrogen and oxygen atoms in total. The highest BCUT2D eigenvalue weighted by Crippen LogP contribution is 2.24. The van der Waals surface area contributed by atoms with E-state index in [0.29, 0.717) is 37.1 Å². The van der Waals surface area contributed by atoms with Crippen molar-refractivity contribution in [2.24, 2.45) is 4.99 Å². The third-order valence-corrected chi connectivity index (χ3v) is 3.52. The first-order valence-electron chi connectivity index (χ1n) is 8.67. The van der Waals surface area contributed by atoms with Gasteiger partial charge in [0, 0.05) is 26.8 Å². The lowest BCUT2D eigenvalue weighted by Crippen LogP contribution is -2.38. The molecule has 0 radical (unpaired) electrons. The normalized spacial score (nSPS) is 12.2. The second-order valence-corrected chi connectivity index (χ2v) is 5.87. The third kappa shape index (κ3) is 11.8. The number of methoxy groups -OCH3 is 1. The molecule has 1 aromatic carbocycles. The smallest absolute Gasteiger partial charge is 0.191 e. The van der Waals surface area contributed by atoms with E-state index in [0.717, 1.165) is 25.5 Å². The molecule has 8 heteroatoms. The highest BCUT2D eigenvalue weighted by molar-refractivity contribution is 14.0. The zero-order valence-electron chi connectivity index (χ0n) is 15.8. The van der Waals surface area contributed by atoms with Crippen LogP contribution in [0.15, 0.2) is 29.3 Å². The van der Waals surface area contributed by atoms with Gasteiger partial charge in [-0.3, -0.25) is 0 Å². The lowest BCUT2D eigenvalue weighted by atomic mass is 10.3. The Morgan fingerprint density at radius 3 is 2.65 bits per heavy atom. The van der Waals surface area contributed by atoms with Gasteiger partial charge in [0.2, 0.25) is 0 Å². The maximum atomic E-state index is 6.11. The molecule has 0 bridgehead atoms. The van der Waals surface area contributed by atoms with Crippen LogP contribution in [-0.4, -0.2) is 58.6 Å². The van der Waals surface area contributed by atoms with Gasteiger partial charge in [0.15, 0.2) is 5.96 Å². The molecule has 26 heavy (non-hydrogen) atoms. The van der Waals surface area contributed by atoms with Crippen LogP contribution in [0.3, 0.4) is 0 Å². The Hall–Kier alpha value is -0.770. The van der Waals surface area contributed by atoms with Gasteiger partial charge in [0.25, 0.3) is 0 Å². The predicted molar refractivity (Wildman–Crippen MR) is 118 cm³/mol. The van der Waals surface area contributed by atoms with E-state index >= 15 is 0 Å². The van der Waals surface area contributed by atoms with Crippen LogP contribution in [0.2, 0.25) is 5.02 Å². The van der Waals surface area contributed by atoms with Gasteiger partial charge in [-0.25, -0.2) is 4.99 Å². The molecule has 0 saturated carbocycles. The highest BCUT2D eigenvalue weighted by Gasteiger charge is 2.07. The summed E-state index contributed by atoms with van der Waals surface area (Å²) in [6, 6.07) is 7.45. The minimum Gasteiger partial charge on any atom is -0.487 e. The summed E-state index contributed by atoms with van der Waals surface area (Å²) in [6.07, 6.45) is 0.826. The standard InChI is InChI=1S/C18H30ClN3O3.HI/c1-4-20-18(21-10-7-11-24-13-12-23-3)22-14-15(2)25-17-9-6-5-8-16(17)19;/h5-6,8-9,15H,4,7,10-14H2,1-3H3,(H2,20,21,22);1H. The fourth-order valence-electron chi connectivity index (χ4n) is 1.98. The van der Waals surface area contributed by atoms with Crippen LogP contribution in [0.25, 0.3) is 0 Å². The molecule has 1 rings (SSSR count). The summed E-state index contributed by atoms with van der Waals surface area (Å²) >= 11 is 6.11. The van der Waals surface area contributed by atoms with Gasteiger partial charge in [-0.1, -0.05) is 23.7 Å². The Balaban J connectivity index is 0.00000625. The molecule has 1 atom stereocenters. The monoisotopic (exact) mass is 499 g/mol. The van der Waals surface area contributed by atoms with Crippen molar-refractivity contribution in [3.8, 4) is 5.75 Å². The average Bonchev–Trinajstić information content (AvgIpc) is 2.60. The maximum Gasteiger partial charge on any atom is 0.191 e. The van der Waals surface area contributed by atoms with E-state index in [1.54, 1.807) is 7.11 Å². The number of halogens is 2. The molecule has 0 aliphatic carbocycles. The Labute approximate surface area is 179 Å². The summed E-state index contributed by atoms with van der Waals surface area (Å²) in [4.78, 5) is 4.55. The van der Waals surface area contributed by atoms with Crippen LogP contribution in [-0.2, 0) is 9.47 Å². The van der Waals surface area contributed by atoms with Gasteiger partial charge in [-0.15, -0.1) is 24.0 Å². The number of para-hydroxylation sites is 1. The largest absolute Gasteiger partial charge is 0.487 e. The Morgan fingerprint density at radius 2 is 1.96 bits per heavy atom. The van der Waals surface area contributed by atoms with Crippen molar-refractivity contribution < 1.29 is 14.2 Å². The predicted octanol–water partition coefficient (Wildman–Crippen LogP) is 3.33. The molecule has 0 heterocycles. The summed E-state index contributed by atoms with van der Waals surface area (Å²) in [5.74, 6) is 1.45. The summed E-state index contributed by atoms with van der Waals surface area (Å²) in [6.45, 7) is 8.08. The number of rotatable bonds is 12. The lowest BCUT2D eigenvalue weighted by molar-refractivity contribution is 0.0698. The van der Waals surface area contributed by atoms with Crippen LogP contribution < -0.4 is 15.4 Å². The van der Waals surface area contributed by atoms with Crippen molar-refractivity contribution in [2.45, 2.75) is 26.4 Å². The molecule has 150 valence electrons. The van der Waals surface area contributed by atoms with Gasteiger partial charge < -0.3 is 24.8 Å². The molecule has 0 spiro atoms. The number of nitrogens with one attached hydrogen (secondary N) is 2. The molecule has 2 N–H and O–H groups in total. The van der Waals surface area contributed by atoms with Crippen molar-refractivity contribution in [1.82, 2.24) is 10.6 Å². The van der Waals surface area contributed by atoms with E-state index in [2.05, 4.69) is 15.6 Å². The topological polar surface area (TPSA) is 64.1 Å². The van der Waals surface area contributed by atoms with Crippen molar-refractivity contribution >= 4 is 41.5 Å². The molecule has 0 aliphatic rings. The number of guanidine groups is 1. The van der Waals surface area contributed by atoms with Crippen LogP contribution in [0.1, 0.15) is 20.3 Å². The quantitative estimate of drug-likeness (QED) is 0.200. The Bertz CT molecular complexity index is 506. The molecule has 0 aliphatic heterocycles. The van der Waals surface area contributed by atoms with Gasteiger partial charge in [0.1, 0.15) is 11.9 Å². The summed E-state index contributed by atoms with van der Waals surface area (Å²) in [5.41, 5.74) is 0. The first-order valence-corrected chi connectivity index (χ1v) is 9.05. The first kappa shape index (κ1) is 25.2. The number of hydrogen-bond donors (Lipinski definition) is 2. The number of hydrogen-bond acceptors (Lipinski definition) is 4. The fourth-order valence-corrected chi connectivity index (χ4v) is 2.16. The van der Waals surface area contributed by atoms with Crippen molar-refractivity contribution in [1.29, 1.82) is 0 Å². The SMILES string of the molecule is CCNC(=NCC(C)Oc1ccccc1Cl)NCCCOCCOC.I. The molecular weight excluding hydrogens is 469 g/mol. The number of ether oxygens (including phenoxy) is 3. The maximum absolute atomic E-state index is 6.11. The minimum absolute atomic E-state index is 0. The van der Waals surface area contributed by atoms with Gasteiger partial charge in [-0.05, 0) is 32.4 Å². The summed E-state index contributed by atoms with van der Waals surface area (Å²) in [5, 5.41) is 7.12. The zero-order valence-corrected chi connectivity index (χ0v) is 18.9. The number of nitrogens with zero attached hydrogens (tertiary/aromatic N) is 1. The zero-order chi connectivity index (χ0) is 18.3. The second-order valence-electron chi connectivity index (χ2n) is 5.46. The average molecular weight is 500 g/mol. The van der Waals surface area contributed by atoms with E-state index in [-0.39, 0.29) is 30.1 Å². The number of benzene rings is 1. The van der Waals surface area contributed by atoms with Crippen LogP contribution in [0, 0.1) is 0 Å². The van der Waals surface area contributed by atoms with Gasteiger partial charge in [-0.2, -0.15) is 0 Å². The number of aliphatic imine (C=N–C) groups is 1. The van der Waals surface area contributed by atoms with Crippen molar-refractivity contribution in [3.05, 3.63) is 29.3 Å². The molecular formula is C18H31ClIN3O3. The van der Waals surface area contributed by atoms with E-state index in [4.69, 9.17) is 25.8 Å². The Morgan fingerprint density at radius 1 is 1.19 bits per heavy atom. The molecule has 0 saturated heterocycles. The first-order chi connectivity index (χ1) is 12.2. The molecule has 1 aromatic rings. The summed E-state index contributed by atoms with van der Waals surface area (Å²) < 4.78 is 16.2. The van der Waals surface area contributed by atoms with Crippen LogP contribution in [0.5, 0.6) is 5.75 Å². The molecule has 0 fully saturated rings. The van der Waals surface area contributed by atoms with E-state index in [1.165, 1.54) is 0 Å². The molecule has 1 unspecified atom stereocenters. The van der Waals surface area contributed by atoms with Crippen molar-refractivity contribution in [2.75, 3.05) is 46.6 Å². The van der Waals surface area contributed by atoms with E-state index in [9.17, 15) is 0 Å². The van der Waals surface area contributed by atoms with Gasteiger partial charge in [0.05, 0.1) is 24.8 Å².